The van der Waals surface area contributed by atoms with Crippen molar-refractivity contribution in [2.75, 3.05) is 14.2 Å². The van der Waals surface area contributed by atoms with E-state index in [9.17, 15) is 18.0 Å². The van der Waals surface area contributed by atoms with Crippen LogP contribution < -0.4 is 4.74 Å². The van der Waals surface area contributed by atoms with Gasteiger partial charge in [0.25, 0.3) is 0 Å². The minimum absolute atomic E-state index is 0.0782. The molecule has 146 valence electrons. The summed E-state index contributed by atoms with van der Waals surface area (Å²) in [4.78, 5) is 14.0. The molecule has 6 heteroatoms. The van der Waals surface area contributed by atoms with E-state index in [1.807, 2.05) is 36.4 Å². The second-order valence-electron chi connectivity index (χ2n) is 6.67. The molecule has 1 amide bonds. The van der Waals surface area contributed by atoms with E-state index in [0.717, 1.165) is 34.2 Å². The Morgan fingerprint density at radius 2 is 1.68 bits per heavy atom. The number of likely N-dealkylation sites (N-methyl/N-ethyl adjacent to an activating group) is 1. The van der Waals surface area contributed by atoms with E-state index in [1.54, 1.807) is 14.2 Å². The molecule has 0 saturated heterocycles. The minimum atomic E-state index is -4.42. The summed E-state index contributed by atoms with van der Waals surface area (Å²) in [6.07, 6.45) is -4.50. The predicted molar refractivity (Wildman–Crippen MR) is 102 cm³/mol. The van der Waals surface area contributed by atoms with E-state index >= 15 is 0 Å². The quantitative estimate of drug-likeness (QED) is 0.612. The van der Waals surface area contributed by atoms with Crippen molar-refractivity contribution in [3.05, 3.63) is 77.4 Å². The average molecular weight is 387 g/mol. The molecule has 0 N–H and O–H groups in total. The Labute approximate surface area is 161 Å². The lowest BCUT2D eigenvalue weighted by Crippen LogP contribution is -2.27. The smallest absolute Gasteiger partial charge is 0.416 e. The minimum Gasteiger partial charge on any atom is -0.497 e. The first-order chi connectivity index (χ1) is 13.3. The summed E-state index contributed by atoms with van der Waals surface area (Å²) in [6, 6.07) is 16.5. The van der Waals surface area contributed by atoms with Crippen molar-refractivity contribution in [1.29, 1.82) is 0 Å². The monoisotopic (exact) mass is 387 g/mol. The third-order valence-corrected chi connectivity index (χ3v) is 4.57. The van der Waals surface area contributed by atoms with E-state index < -0.39 is 11.7 Å². The molecule has 0 saturated carbocycles. The van der Waals surface area contributed by atoms with E-state index in [2.05, 4.69) is 0 Å². The van der Waals surface area contributed by atoms with Crippen molar-refractivity contribution in [2.24, 2.45) is 0 Å². The second-order valence-corrected chi connectivity index (χ2v) is 6.67. The molecule has 0 spiro atoms. The van der Waals surface area contributed by atoms with Crippen LogP contribution in [0.2, 0.25) is 0 Å². The molecule has 0 aliphatic heterocycles. The molecule has 0 heterocycles. The second kappa shape index (κ2) is 7.92. The fourth-order valence-electron chi connectivity index (χ4n) is 3.03. The molecular formula is C22H20F3NO2. The summed E-state index contributed by atoms with van der Waals surface area (Å²) in [5.74, 6) is 0.530. The molecule has 3 aromatic carbocycles. The van der Waals surface area contributed by atoms with Crippen molar-refractivity contribution >= 4 is 16.7 Å². The maximum absolute atomic E-state index is 12.8. The molecule has 0 aromatic heterocycles. The van der Waals surface area contributed by atoms with Gasteiger partial charge in [0.1, 0.15) is 5.75 Å². The van der Waals surface area contributed by atoms with Crippen LogP contribution in [0.4, 0.5) is 13.2 Å². The highest BCUT2D eigenvalue weighted by Gasteiger charge is 2.30. The van der Waals surface area contributed by atoms with Crippen LogP contribution in [-0.4, -0.2) is 25.0 Å². The lowest BCUT2D eigenvalue weighted by atomic mass is 10.1. The number of amides is 1. The lowest BCUT2D eigenvalue weighted by molar-refractivity contribution is -0.138. The first-order valence-corrected chi connectivity index (χ1v) is 8.73. The van der Waals surface area contributed by atoms with E-state index in [1.165, 1.54) is 17.0 Å². The zero-order valence-electron chi connectivity index (χ0n) is 15.6. The third-order valence-electron chi connectivity index (χ3n) is 4.57. The van der Waals surface area contributed by atoms with E-state index in [-0.39, 0.29) is 12.3 Å². The molecule has 3 rings (SSSR count). The van der Waals surface area contributed by atoms with Crippen LogP contribution in [0, 0.1) is 0 Å². The number of benzene rings is 3. The van der Waals surface area contributed by atoms with Crippen LogP contribution in [0.3, 0.4) is 0 Å². The summed E-state index contributed by atoms with van der Waals surface area (Å²) >= 11 is 0. The number of halogens is 3. The van der Waals surface area contributed by atoms with Gasteiger partial charge in [-0.25, -0.2) is 0 Å². The van der Waals surface area contributed by atoms with E-state index in [0.29, 0.717) is 12.1 Å². The maximum atomic E-state index is 12.8. The van der Waals surface area contributed by atoms with Crippen LogP contribution in [0.1, 0.15) is 16.7 Å². The Hall–Kier alpha value is -3.02. The van der Waals surface area contributed by atoms with Crippen molar-refractivity contribution in [3.63, 3.8) is 0 Å². The number of hydrogen-bond acceptors (Lipinski definition) is 2. The number of carbonyl (C=O) groups is 1. The number of fused-ring (bicyclic) bond motifs is 1. The highest BCUT2D eigenvalue weighted by Crippen LogP contribution is 2.29. The first kappa shape index (κ1) is 19.7. The highest BCUT2D eigenvalue weighted by molar-refractivity contribution is 5.85. The number of methoxy groups -OCH3 is 1. The number of hydrogen-bond donors (Lipinski definition) is 0. The average Bonchev–Trinajstić information content (AvgIpc) is 2.67. The van der Waals surface area contributed by atoms with Gasteiger partial charge >= 0.3 is 6.18 Å². The summed E-state index contributed by atoms with van der Waals surface area (Å²) in [5, 5.41) is 2.05. The largest absolute Gasteiger partial charge is 0.497 e. The van der Waals surface area contributed by atoms with Crippen LogP contribution >= 0.6 is 0 Å². The highest BCUT2D eigenvalue weighted by atomic mass is 19.4. The van der Waals surface area contributed by atoms with Gasteiger partial charge < -0.3 is 9.64 Å². The normalized spacial score (nSPS) is 11.5. The summed E-state index contributed by atoms with van der Waals surface area (Å²) in [7, 11) is 3.26. The summed E-state index contributed by atoms with van der Waals surface area (Å²) in [6.45, 7) is 0.375. The number of carbonyl (C=O) groups excluding carboxylic acids is 1. The fourth-order valence-corrected chi connectivity index (χ4v) is 3.03. The van der Waals surface area contributed by atoms with Gasteiger partial charge in [0.15, 0.2) is 0 Å². The molecule has 28 heavy (non-hydrogen) atoms. The Morgan fingerprint density at radius 3 is 2.39 bits per heavy atom. The van der Waals surface area contributed by atoms with Crippen molar-refractivity contribution in [1.82, 2.24) is 4.90 Å². The number of alkyl halides is 3. The van der Waals surface area contributed by atoms with Gasteiger partial charge in [0, 0.05) is 13.6 Å². The van der Waals surface area contributed by atoms with E-state index in [4.69, 9.17) is 4.74 Å². The van der Waals surface area contributed by atoms with Crippen molar-refractivity contribution in [2.45, 2.75) is 19.1 Å². The fraction of sp³-hybridized carbons (Fsp3) is 0.227. The Kier molecular flexibility index (Phi) is 5.58. The molecule has 0 radical (unpaired) electrons. The molecule has 0 unspecified atom stereocenters. The summed E-state index contributed by atoms with van der Waals surface area (Å²) in [5.41, 5.74) is 0.542. The molecule has 0 atom stereocenters. The Morgan fingerprint density at radius 1 is 0.964 bits per heavy atom. The number of rotatable bonds is 5. The number of ether oxygens (including phenoxy) is 1. The number of nitrogens with zero attached hydrogens (tertiary/aromatic N) is 1. The van der Waals surface area contributed by atoms with Gasteiger partial charge in [-0.1, -0.05) is 36.4 Å². The Balaban J connectivity index is 1.69. The SMILES string of the molecule is COc1ccc2cc(CN(C)C(=O)Cc3cccc(C(F)(F)F)c3)ccc2c1. The van der Waals surface area contributed by atoms with Gasteiger partial charge in [-0.15, -0.1) is 0 Å². The zero-order chi connectivity index (χ0) is 20.3. The third kappa shape index (κ3) is 4.63. The zero-order valence-corrected chi connectivity index (χ0v) is 15.6. The van der Waals surface area contributed by atoms with Crippen LogP contribution in [0.25, 0.3) is 10.8 Å². The first-order valence-electron chi connectivity index (χ1n) is 8.73. The summed E-state index contributed by atoms with van der Waals surface area (Å²) < 4.78 is 43.7. The van der Waals surface area contributed by atoms with Crippen LogP contribution in [-0.2, 0) is 23.9 Å². The Bertz CT molecular complexity index is 998. The van der Waals surface area contributed by atoms with Crippen LogP contribution in [0.15, 0.2) is 60.7 Å². The van der Waals surface area contributed by atoms with Crippen molar-refractivity contribution < 1.29 is 22.7 Å². The molecule has 0 fully saturated rings. The molecule has 0 aliphatic rings. The van der Waals surface area contributed by atoms with Crippen molar-refractivity contribution in [3.8, 4) is 5.75 Å². The van der Waals surface area contributed by atoms with Crippen LogP contribution in [0.5, 0.6) is 5.75 Å². The van der Waals surface area contributed by atoms with Gasteiger partial charge in [-0.05, 0) is 46.2 Å². The van der Waals surface area contributed by atoms with Gasteiger partial charge in [0.2, 0.25) is 5.91 Å². The molecule has 0 bridgehead atoms. The van der Waals surface area contributed by atoms with Gasteiger partial charge in [0.05, 0.1) is 19.1 Å². The molecule has 3 aromatic rings. The van der Waals surface area contributed by atoms with Gasteiger partial charge in [-0.3, -0.25) is 4.79 Å². The van der Waals surface area contributed by atoms with Gasteiger partial charge in [-0.2, -0.15) is 13.2 Å². The molecule has 3 nitrogen and oxygen atoms in total. The predicted octanol–water partition coefficient (Wildman–Crippen LogP) is 5.07. The lowest BCUT2D eigenvalue weighted by Gasteiger charge is -2.18. The maximum Gasteiger partial charge on any atom is 0.416 e. The molecule has 0 aliphatic carbocycles. The molecular weight excluding hydrogens is 367 g/mol. The topological polar surface area (TPSA) is 29.5 Å². The standard InChI is InChI=1S/C22H20F3NO2/c1-26(21(27)12-15-4-3-5-19(11-15)22(23,24)25)14-16-6-7-18-13-20(28-2)9-8-17(18)10-16/h3-11,13H,12,14H2,1-2H3.